The van der Waals surface area contributed by atoms with Gasteiger partial charge in [-0.25, -0.2) is 19.6 Å². The SMILES string of the molecule is COc1ccc(C(OC[C@H]2C[C@@H](n3cnc4c(NC(=O)c5ccccc5)ncnc43)[C@H](O[Si](C)(C)C(C)(C)C)[C@@H]2OP(OCCC#N)N(C(C)C)C(C)C)(c2ccccc2)c2ccc(OC)cc2)cc1. The summed E-state index contributed by atoms with van der Waals surface area (Å²) in [6.07, 6.45) is 2.83. The first-order valence-electron chi connectivity index (χ1n) is 24.0. The minimum absolute atomic E-state index is 0.0505. The number of nitrogens with zero attached hydrogens (tertiary/aromatic N) is 6. The Labute approximate surface area is 415 Å². The number of benzene rings is 4. The van der Waals surface area contributed by atoms with Crippen LogP contribution < -0.4 is 14.8 Å². The van der Waals surface area contributed by atoms with Crippen LogP contribution in [0.2, 0.25) is 18.1 Å². The Bertz CT molecular complexity index is 2620. The summed E-state index contributed by atoms with van der Waals surface area (Å²) in [4.78, 5) is 27.7. The summed E-state index contributed by atoms with van der Waals surface area (Å²) in [5, 5.41) is 12.5. The molecule has 2 heterocycles. The molecule has 1 saturated carbocycles. The molecule has 1 unspecified atom stereocenters. The number of anilines is 1. The smallest absolute Gasteiger partial charge is 0.259 e. The standard InChI is InChI=1S/C54H68N7O7PSi/c1-37(2)61(38(3)4)69(66-32-18-31-55)67-48-40(34-65-54(41-21-16-13-17-22-41,42-23-27-44(63-8)28-24-42)43-25-29-45(64-9)30-26-43)33-46(49(48)68-70(10,11)53(5,6)7)60-36-58-47-50(56-35-57-51(47)60)59-52(62)39-19-14-12-15-20-39/h12-17,19-30,35-38,40,46,48-49H,18,32-34H2,1-11H3,(H,56,57,59,62)/t40-,46-,48-,49+,69?/m1/s1. The first-order chi connectivity index (χ1) is 33.5. The number of amides is 1. The quantitative estimate of drug-likeness (QED) is 0.0316. The number of imidazole rings is 1. The van der Waals surface area contributed by atoms with Gasteiger partial charge in [0.25, 0.3) is 14.4 Å². The second-order valence-corrected chi connectivity index (χ2v) is 25.9. The number of fused-ring (bicyclic) bond motifs is 1. The molecule has 1 aliphatic rings. The van der Waals surface area contributed by atoms with E-state index in [0.717, 1.165) is 28.2 Å². The van der Waals surface area contributed by atoms with Crippen molar-refractivity contribution in [2.75, 3.05) is 32.8 Å². The maximum atomic E-state index is 13.5. The van der Waals surface area contributed by atoms with Crippen LogP contribution in [0.15, 0.2) is 122 Å². The van der Waals surface area contributed by atoms with Gasteiger partial charge in [-0.15, -0.1) is 0 Å². The summed E-state index contributed by atoms with van der Waals surface area (Å²) >= 11 is 0. The highest BCUT2D eigenvalue weighted by atomic mass is 31.2. The van der Waals surface area contributed by atoms with Crippen LogP contribution in [0, 0.1) is 17.2 Å². The molecule has 16 heteroatoms. The third-order valence-corrected chi connectivity index (χ3v) is 20.1. The molecule has 0 spiro atoms. The van der Waals surface area contributed by atoms with Crippen LogP contribution in [-0.4, -0.2) is 90.1 Å². The van der Waals surface area contributed by atoms with Gasteiger partial charge >= 0.3 is 0 Å². The number of hydrogen-bond acceptors (Lipinski definition) is 12. The molecule has 0 radical (unpaired) electrons. The van der Waals surface area contributed by atoms with Crippen LogP contribution >= 0.6 is 8.53 Å². The van der Waals surface area contributed by atoms with Crippen LogP contribution in [0.5, 0.6) is 11.5 Å². The number of hydrogen-bond donors (Lipinski definition) is 1. The maximum Gasteiger partial charge on any atom is 0.259 e. The molecule has 1 N–H and O–H groups in total. The van der Waals surface area contributed by atoms with Crippen molar-refractivity contribution in [1.29, 1.82) is 5.26 Å². The predicted molar refractivity (Wildman–Crippen MR) is 277 cm³/mol. The minimum atomic E-state index is -2.58. The van der Waals surface area contributed by atoms with E-state index in [1.807, 2.05) is 60.7 Å². The van der Waals surface area contributed by atoms with E-state index < -0.39 is 34.7 Å². The molecular formula is C54H68N7O7PSi. The monoisotopic (exact) mass is 985 g/mol. The van der Waals surface area contributed by atoms with Crippen molar-refractivity contribution in [3.8, 4) is 17.6 Å². The summed E-state index contributed by atoms with van der Waals surface area (Å²) < 4.78 is 45.2. The summed E-state index contributed by atoms with van der Waals surface area (Å²) in [6, 6.07) is 37.3. The fraction of sp³-hybridized carbons (Fsp3) is 0.426. The van der Waals surface area contributed by atoms with Crippen molar-refractivity contribution in [3.63, 3.8) is 0 Å². The molecule has 1 fully saturated rings. The summed E-state index contributed by atoms with van der Waals surface area (Å²) in [5.74, 6) is 1.14. The zero-order chi connectivity index (χ0) is 50.2. The molecule has 1 amide bonds. The number of carbonyl (C=O) groups is 1. The Morgan fingerprint density at radius 1 is 0.829 bits per heavy atom. The molecule has 14 nitrogen and oxygen atoms in total. The molecule has 5 atom stereocenters. The van der Waals surface area contributed by atoms with Gasteiger partial charge < -0.3 is 37.6 Å². The van der Waals surface area contributed by atoms with E-state index in [0.29, 0.717) is 29.0 Å². The average Bonchev–Trinajstić information content (AvgIpc) is 3.93. The number of ether oxygens (including phenoxy) is 3. The Morgan fingerprint density at radius 2 is 1.40 bits per heavy atom. The highest BCUT2D eigenvalue weighted by molar-refractivity contribution is 7.44. The molecule has 2 aromatic heterocycles. The van der Waals surface area contributed by atoms with E-state index in [4.69, 9.17) is 37.7 Å². The number of methoxy groups -OCH3 is 2. The van der Waals surface area contributed by atoms with Gasteiger partial charge in [0, 0.05) is 23.6 Å². The van der Waals surface area contributed by atoms with Crippen LogP contribution in [0.1, 0.15) is 94.4 Å². The molecule has 7 rings (SSSR count). The lowest BCUT2D eigenvalue weighted by molar-refractivity contribution is -0.0430. The van der Waals surface area contributed by atoms with Gasteiger partial charge in [0.05, 0.1) is 64.5 Å². The zero-order valence-electron chi connectivity index (χ0n) is 42.3. The van der Waals surface area contributed by atoms with Gasteiger partial charge in [-0.1, -0.05) is 93.6 Å². The fourth-order valence-corrected chi connectivity index (χ4v) is 12.1. The van der Waals surface area contributed by atoms with Crippen molar-refractivity contribution in [3.05, 3.63) is 144 Å². The molecule has 0 saturated heterocycles. The van der Waals surface area contributed by atoms with E-state index in [9.17, 15) is 10.1 Å². The minimum Gasteiger partial charge on any atom is -0.497 e. The molecular weight excluding hydrogens is 918 g/mol. The lowest BCUT2D eigenvalue weighted by atomic mass is 9.79. The molecule has 1 aliphatic carbocycles. The molecule has 0 bridgehead atoms. The van der Waals surface area contributed by atoms with Gasteiger partial charge in [0.1, 0.15) is 23.4 Å². The first-order valence-corrected chi connectivity index (χ1v) is 28.0. The second-order valence-electron chi connectivity index (χ2n) is 19.7. The second kappa shape index (κ2) is 22.7. The van der Waals surface area contributed by atoms with Gasteiger partial charge in [-0.05, 0) is 105 Å². The topological polar surface area (TPSA) is 155 Å². The third-order valence-electron chi connectivity index (χ3n) is 13.5. The molecule has 4 aromatic carbocycles. The van der Waals surface area contributed by atoms with E-state index in [-0.39, 0.29) is 54.6 Å². The van der Waals surface area contributed by atoms with Crippen molar-refractivity contribution >= 4 is 39.7 Å². The normalized spacial score (nSPS) is 18.1. The lowest BCUT2D eigenvalue weighted by Gasteiger charge is -2.43. The van der Waals surface area contributed by atoms with Gasteiger partial charge in [-0.2, -0.15) is 5.26 Å². The Balaban J connectivity index is 1.41. The fourth-order valence-electron chi connectivity index (χ4n) is 8.97. The number of carbonyl (C=O) groups excluding carboxylic acids is 1. The maximum absolute atomic E-state index is 13.5. The number of nitrogens with one attached hydrogen (secondary N) is 1. The van der Waals surface area contributed by atoms with Gasteiger partial charge in [0.2, 0.25) is 0 Å². The largest absolute Gasteiger partial charge is 0.497 e. The van der Waals surface area contributed by atoms with Crippen LogP contribution in [0.25, 0.3) is 11.2 Å². The van der Waals surface area contributed by atoms with E-state index in [1.165, 1.54) is 6.33 Å². The number of aromatic nitrogens is 4. The Hall–Kier alpha value is -5.56. The summed E-state index contributed by atoms with van der Waals surface area (Å²) in [6.45, 7) is 20.2. The van der Waals surface area contributed by atoms with E-state index in [1.54, 1.807) is 32.7 Å². The molecule has 0 aliphatic heterocycles. The summed E-state index contributed by atoms with van der Waals surface area (Å²) in [7, 11) is -1.00. The van der Waals surface area contributed by atoms with Crippen LogP contribution in [0.3, 0.4) is 0 Å². The van der Waals surface area contributed by atoms with Crippen molar-refractivity contribution in [2.24, 2.45) is 5.92 Å². The summed E-state index contributed by atoms with van der Waals surface area (Å²) in [5.41, 5.74) is 3.11. The molecule has 370 valence electrons. The van der Waals surface area contributed by atoms with Crippen molar-refractivity contribution in [1.82, 2.24) is 24.2 Å². The number of nitriles is 1. The lowest BCUT2D eigenvalue weighted by Crippen LogP contribution is -2.49. The Kier molecular flexibility index (Phi) is 16.9. The average molecular weight is 986 g/mol. The molecule has 70 heavy (non-hydrogen) atoms. The van der Waals surface area contributed by atoms with E-state index in [2.05, 4.69) is 124 Å². The van der Waals surface area contributed by atoms with Crippen LogP contribution in [0.4, 0.5) is 5.82 Å². The van der Waals surface area contributed by atoms with E-state index >= 15 is 0 Å². The highest BCUT2D eigenvalue weighted by Gasteiger charge is 2.53. The predicted octanol–water partition coefficient (Wildman–Crippen LogP) is 11.7. The highest BCUT2D eigenvalue weighted by Crippen LogP contribution is 2.54. The third kappa shape index (κ3) is 11.3. The van der Waals surface area contributed by atoms with Crippen molar-refractivity contribution in [2.45, 2.75) is 115 Å². The Morgan fingerprint density at radius 3 is 1.94 bits per heavy atom. The zero-order valence-corrected chi connectivity index (χ0v) is 44.2. The first kappa shape index (κ1) is 52.3. The number of rotatable bonds is 21. The van der Waals surface area contributed by atoms with Gasteiger partial charge in [-0.3, -0.25) is 4.79 Å². The van der Waals surface area contributed by atoms with Crippen LogP contribution in [-0.2, 0) is 23.8 Å². The van der Waals surface area contributed by atoms with Gasteiger partial charge in [0.15, 0.2) is 25.3 Å². The molecule has 6 aromatic rings. The van der Waals surface area contributed by atoms with Crippen molar-refractivity contribution < 1.29 is 32.5 Å².